The summed E-state index contributed by atoms with van der Waals surface area (Å²) < 4.78 is 0. The van der Waals surface area contributed by atoms with E-state index in [2.05, 4.69) is 9.97 Å². The van der Waals surface area contributed by atoms with Crippen LogP contribution in [0.25, 0.3) is 0 Å². The first-order valence-electron chi connectivity index (χ1n) is 5.64. The van der Waals surface area contributed by atoms with E-state index in [0.29, 0.717) is 12.5 Å². The molecular weight excluding hydrogens is 206 g/mol. The summed E-state index contributed by atoms with van der Waals surface area (Å²) in [5, 5.41) is 9.06. The lowest BCUT2D eigenvalue weighted by Crippen LogP contribution is -2.02. The van der Waals surface area contributed by atoms with Crippen LogP contribution in [0.4, 0.5) is 0 Å². The van der Waals surface area contributed by atoms with Gasteiger partial charge in [0, 0.05) is 11.9 Å². The summed E-state index contributed by atoms with van der Waals surface area (Å²) in [6.45, 7) is 0.639. The molecule has 1 aliphatic rings. The summed E-state index contributed by atoms with van der Waals surface area (Å²) in [5.41, 5.74) is 6.46. The van der Waals surface area contributed by atoms with Crippen molar-refractivity contribution in [2.75, 3.05) is 6.54 Å². The van der Waals surface area contributed by atoms with Crippen molar-refractivity contribution in [3.05, 3.63) is 18.2 Å². The Morgan fingerprint density at radius 1 is 1.56 bits per heavy atom. The number of hydrogen-bond donors (Lipinski definition) is 3. The molecule has 16 heavy (non-hydrogen) atoms. The number of carboxylic acid groups (broad SMARTS) is 1. The lowest BCUT2D eigenvalue weighted by atomic mass is 10.1. The van der Waals surface area contributed by atoms with Crippen LogP contribution in [0.2, 0.25) is 0 Å². The number of nitrogens with one attached hydrogen (secondary N) is 1. The third kappa shape index (κ3) is 2.24. The lowest BCUT2D eigenvalue weighted by molar-refractivity contribution is -0.139. The van der Waals surface area contributed by atoms with Gasteiger partial charge in [0.15, 0.2) is 0 Å². The molecule has 1 fully saturated rings. The van der Waals surface area contributed by atoms with E-state index in [9.17, 15) is 4.79 Å². The molecule has 0 aliphatic heterocycles. The van der Waals surface area contributed by atoms with Gasteiger partial charge in [-0.25, -0.2) is 4.98 Å². The number of H-pyrrole nitrogens is 1. The Balaban J connectivity index is 1.91. The van der Waals surface area contributed by atoms with Gasteiger partial charge in [-0.05, 0) is 37.6 Å². The van der Waals surface area contributed by atoms with Crippen LogP contribution in [0, 0.1) is 17.8 Å². The van der Waals surface area contributed by atoms with E-state index in [1.165, 1.54) is 0 Å². The molecule has 0 aromatic carbocycles. The van der Waals surface area contributed by atoms with Gasteiger partial charge < -0.3 is 15.8 Å². The van der Waals surface area contributed by atoms with Crippen molar-refractivity contribution in [2.45, 2.75) is 19.3 Å². The van der Waals surface area contributed by atoms with Crippen LogP contribution in [0.1, 0.15) is 18.5 Å². The van der Waals surface area contributed by atoms with Gasteiger partial charge in [0.1, 0.15) is 0 Å². The van der Waals surface area contributed by atoms with Crippen LogP contribution in [0.15, 0.2) is 12.5 Å². The van der Waals surface area contributed by atoms with E-state index in [1.807, 2.05) is 0 Å². The molecule has 3 unspecified atom stereocenters. The smallest absolute Gasteiger partial charge is 0.307 e. The molecule has 5 heteroatoms. The average Bonchev–Trinajstić information content (AvgIpc) is 2.68. The van der Waals surface area contributed by atoms with Gasteiger partial charge in [0.2, 0.25) is 0 Å². The highest BCUT2D eigenvalue weighted by molar-refractivity contribution is 5.74. The number of rotatable bonds is 6. The van der Waals surface area contributed by atoms with Gasteiger partial charge in [-0.15, -0.1) is 0 Å². The Morgan fingerprint density at radius 3 is 2.94 bits per heavy atom. The second kappa shape index (κ2) is 4.65. The number of nitrogens with two attached hydrogens (primary N) is 1. The highest BCUT2D eigenvalue weighted by Gasteiger charge is 2.53. The molecule has 1 saturated carbocycles. The maximum atomic E-state index is 11.0. The normalized spacial score (nSPS) is 27.9. The van der Waals surface area contributed by atoms with Gasteiger partial charge in [-0.1, -0.05) is 0 Å². The lowest BCUT2D eigenvalue weighted by Gasteiger charge is -1.96. The SMILES string of the molecule is NCCCC1C(Cc2cnc[nH]2)C1C(=O)O. The largest absolute Gasteiger partial charge is 0.481 e. The summed E-state index contributed by atoms with van der Waals surface area (Å²) in [5.74, 6) is -0.310. The minimum atomic E-state index is -0.675. The number of carbonyl (C=O) groups is 1. The number of aliphatic carboxylic acids is 1. The fourth-order valence-electron chi connectivity index (χ4n) is 2.49. The maximum Gasteiger partial charge on any atom is 0.307 e. The quantitative estimate of drug-likeness (QED) is 0.659. The van der Waals surface area contributed by atoms with Crippen molar-refractivity contribution >= 4 is 5.97 Å². The van der Waals surface area contributed by atoms with Gasteiger partial charge in [0.05, 0.1) is 12.2 Å². The summed E-state index contributed by atoms with van der Waals surface area (Å²) in [4.78, 5) is 18.0. The number of hydrogen-bond acceptors (Lipinski definition) is 3. The summed E-state index contributed by atoms with van der Waals surface area (Å²) in [6.07, 6.45) is 6.01. The first kappa shape index (κ1) is 11.1. The molecule has 1 heterocycles. The van der Waals surface area contributed by atoms with Crippen molar-refractivity contribution in [3.63, 3.8) is 0 Å². The molecule has 0 spiro atoms. The zero-order chi connectivity index (χ0) is 11.5. The second-order valence-electron chi connectivity index (χ2n) is 4.40. The Kier molecular flexibility index (Phi) is 3.24. The molecule has 2 rings (SSSR count). The maximum absolute atomic E-state index is 11.0. The first-order chi connectivity index (χ1) is 7.74. The van der Waals surface area contributed by atoms with Crippen molar-refractivity contribution in [2.24, 2.45) is 23.5 Å². The molecule has 1 aromatic heterocycles. The minimum Gasteiger partial charge on any atom is -0.481 e. The summed E-state index contributed by atoms with van der Waals surface area (Å²) in [6, 6.07) is 0. The second-order valence-corrected chi connectivity index (χ2v) is 4.40. The Labute approximate surface area is 94.1 Å². The van der Waals surface area contributed by atoms with Crippen molar-refractivity contribution in [3.8, 4) is 0 Å². The van der Waals surface area contributed by atoms with Gasteiger partial charge in [0.25, 0.3) is 0 Å². The number of carboxylic acids is 1. The fourth-order valence-corrected chi connectivity index (χ4v) is 2.49. The van der Waals surface area contributed by atoms with Crippen molar-refractivity contribution in [1.82, 2.24) is 9.97 Å². The molecule has 88 valence electrons. The van der Waals surface area contributed by atoms with Crippen molar-refractivity contribution < 1.29 is 9.90 Å². The van der Waals surface area contributed by atoms with Crippen LogP contribution < -0.4 is 5.73 Å². The molecule has 0 saturated heterocycles. The van der Waals surface area contributed by atoms with Gasteiger partial charge >= 0.3 is 5.97 Å². The predicted molar refractivity (Wildman–Crippen MR) is 58.7 cm³/mol. The first-order valence-corrected chi connectivity index (χ1v) is 5.64. The van der Waals surface area contributed by atoms with Crippen LogP contribution in [-0.4, -0.2) is 27.6 Å². The topological polar surface area (TPSA) is 92.0 Å². The zero-order valence-electron chi connectivity index (χ0n) is 9.10. The van der Waals surface area contributed by atoms with E-state index in [-0.39, 0.29) is 11.8 Å². The highest BCUT2D eigenvalue weighted by Crippen LogP contribution is 2.50. The molecule has 1 aromatic rings. The van der Waals surface area contributed by atoms with Crippen molar-refractivity contribution in [1.29, 1.82) is 0 Å². The van der Waals surface area contributed by atoms with E-state index in [4.69, 9.17) is 10.8 Å². The third-order valence-corrected chi connectivity index (χ3v) is 3.37. The van der Waals surface area contributed by atoms with Crippen LogP contribution >= 0.6 is 0 Å². The van der Waals surface area contributed by atoms with Crippen LogP contribution in [0.5, 0.6) is 0 Å². The van der Waals surface area contributed by atoms with E-state index in [0.717, 1.165) is 25.0 Å². The van der Waals surface area contributed by atoms with Crippen LogP contribution in [-0.2, 0) is 11.2 Å². The molecule has 4 N–H and O–H groups in total. The minimum absolute atomic E-state index is 0.185. The number of aromatic nitrogens is 2. The molecular formula is C11H17N3O2. The Bertz CT molecular complexity index is 350. The molecule has 0 bridgehead atoms. The Hall–Kier alpha value is -1.36. The molecule has 5 nitrogen and oxygen atoms in total. The third-order valence-electron chi connectivity index (χ3n) is 3.37. The van der Waals surface area contributed by atoms with Crippen LogP contribution in [0.3, 0.4) is 0 Å². The average molecular weight is 223 g/mol. The number of imidazole rings is 1. The predicted octanol–water partition coefficient (Wildman–Crippen LogP) is 0.638. The number of aromatic amines is 1. The number of nitrogens with zero attached hydrogens (tertiary/aromatic N) is 1. The standard InChI is InChI=1S/C11H17N3O2/c12-3-1-2-8-9(10(8)11(15)16)4-7-5-13-6-14-7/h5-6,8-10H,1-4,12H2,(H,13,14)(H,15,16). The zero-order valence-corrected chi connectivity index (χ0v) is 9.10. The highest BCUT2D eigenvalue weighted by atomic mass is 16.4. The van der Waals surface area contributed by atoms with E-state index in [1.54, 1.807) is 12.5 Å². The van der Waals surface area contributed by atoms with E-state index < -0.39 is 5.97 Å². The molecule has 3 atom stereocenters. The van der Waals surface area contributed by atoms with E-state index >= 15 is 0 Å². The van der Waals surface area contributed by atoms with Gasteiger partial charge in [-0.3, -0.25) is 4.79 Å². The monoisotopic (exact) mass is 223 g/mol. The fraction of sp³-hybridized carbons (Fsp3) is 0.636. The summed E-state index contributed by atoms with van der Waals surface area (Å²) in [7, 11) is 0. The molecule has 0 amide bonds. The molecule has 0 radical (unpaired) electrons. The summed E-state index contributed by atoms with van der Waals surface area (Å²) >= 11 is 0. The molecule has 1 aliphatic carbocycles. The Morgan fingerprint density at radius 2 is 2.38 bits per heavy atom. The van der Waals surface area contributed by atoms with Gasteiger partial charge in [-0.2, -0.15) is 0 Å².